The molecule has 0 radical (unpaired) electrons. The van der Waals surface area contributed by atoms with Crippen LogP contribution in [0.3, 0.4) is 0 Å². The molecule has 0 aliphatic carbocycles. The zero-order valence-corrected chi connectivity index (χ0v) is 12.9. The number of aromatic nitrogens is 3. The molecule has 114 valence electrons. The van der Waals surface area contributed by atoms with Gasteiger partial charge < -0.3 is 14.4 Å². The van der Waals surface area contributed by atoms with Crippen LogP contribution in [0.25, 0.3) is 11.6 Å². The Bertz CT molecular complexity index is 613. The predicted octanol–water partition coefficient (Wildman–Crippen LogP) is 1.60. The third-order valence-corrected chi connectivity index (χ3v) is 3.72. The van der Waals surface area contributed by atoms with Crippen molar-refractivity contribution in [3.05, 3.63) is 17.7 Å². The highest BCUT2D eigenvalue weighted by Crippen LogP contribution is 2.27. The van der Waals surface area contributed by atoms with Crippen molar-refractivity contribution >= 4 is 0 Å². The van der Waals surface area contributed by atoms with Gasteiger partial charge in [0.15, 0.2) is 11.5 Å². The van der Waals surface area contributed by atoms with Gasteiger partial charge in [-0.15, -0.1) is 0 Å². The van der Waals surface area contributed by atoms with E-state index in [9.17, 15) is 0 Å². The van der Waals surface area contributed by atoms with Crippen molar-refractivity contribution in [1.29, 1.82) is 0 Å². The maximum absolute atomic E-state index is 5.36. The van der Waals surface area contributed by atoms with Gasteiger partial charge in [0.05, 0.1) is 6.04 Å². The smallest absolute Gasteiger partial charge is 0.280 e. The van der Waals surface area contributed by atoms with Crippen molar-refractivity contribution in [2.24, 2.45) is 0 Å². The van der Waals surface area contributed by atoms with E-state index in [1.165, 1.54) is 0 Å². The van der Waals surface area contributed by atoms with Crippen LogP contribution in [0, 0.1) is 0 Å². The summed E-state index contributed by atoms with van der Waals surface area (Å²) in [6, 6.07) is 1.99. The molecular formula is C14H21N5O2. The second-order valence-corrected chi connectivity index (χ2v) is 6.48. The Balaban J connectivity index is 1.83. The van der Waals surface area contributed by atoms with Crippen molar-refractivity contribution < 1.29 is 9.05 Å². The van der Waals surface area contributed by atoms with Crippen LogP contribution in [0.4, 0.5) is 0 Å². The fourth-order valence-electron chi connectivity index (χ4n) is 2.30. The van der Waals surface area contributed by atoms with Crippen LogP contribution in [-0.4, -0.2) is 46.9 Å². The van der Waals surface area contributed by atoms with E-state index in [0.717, 1.165) is 25.4 Å². The first kappa shape index (κ1) is 14.2. The van der Waals surface area contributed by atoms with Crippen molar-refractivity contribution in [2.75, 3.05) is 26.7 Å². The lowest BCUT2D eigenvalue weighted by Crippen LogP contribution is -2.44. The second kappa shape index (κ2) is 5.23. The fourth-order valence-corrected chi connectivity index (χ4v) is 2.30. The molecule has 1 aliphatic heterocycles. The van der Waals surface area contributed by atoms with Gasteiger partial charge in [-0.2, -0.15) is 4.98 Å². The molecule has 1 fully saturated rings. The van der Waals surface area contributed by atoms with Crippen LogP contribution in [0.5, 0.6) is 0 Å². The van der Waals surface area contributed by atoms with Gasteiger partial charge in [-0.05, 0) is 7.05 Å². The van der Waals surface area contributed by atoms with Gasteiger partial charge in [-0.3, -0.25) is 4.90 Å². The molecule has 1 N–H and O–H groups in total. The molecule has 0 spiro atoms. The van der Waals surface area contributed by atoms with Crippen molar-refractivity contribution in [2.45, 2.75) is 32.2 Å². The summed E-state index contributed by atoms with van der Waals surface area (Å²) in [6.07, 6.45) is 0. The van der Waals surface area contributed by atoms with E-state index in [1.54, 1.807) is 0 Å². The number of likely N-dealkylation sites (N-methyl/N-ethyl adjacent to an activating group) is 1. The minimum absolute atomic E-state index is 0.0956. The third kappa shape index (κ3) is 2.84. The maximum Gasteiger partial charge on any atom is 0.280 e. The molecule has 1 atom stereocenters. The molecule has 3 heterocycles. The largest absolute Gasteiger partial charge is 0.360 e. The molecule has 7 heteroatoms. The second-order valence-electron chi connectivity index (χ2n) is 6.48. The van der Waals surface area contributed by atoms with Crippen LogP contribution in [0.2, 0.25) is 0 Å². The van der Waals surface area contributed by atoms with E-state index in [1.807, 2.05) is 6.07 Å². The van der Waals surface area contributed by atoms with E-state index in [0.29, 0.717) is 17.4 Å². The van der Waals surface area contributed by atoms with Crippen LogP contribution in [-0.2, 0) is 5.41 Å². The first-order valence-electron chi connectivity index (χ1n) is 7.17. The molecule has 0 aromatic carbocycles. The van der Waals surface area contributed by atoms with E-state index in [2.05, 4.69) is 53.3 Å². The fraction of sp³-hybridized carbons (Fsp3) is 0.643. The topological polar surface area (TPSA) is 80.2 Å². The summed E-state index contributed by atoms with van der Waals surface area (Å²) in [7, 11) is 2.06. The molecule has 21 heavy (non-hydrogen) atoms. The van der Waals surface area contributed by atoms with Crippen LogP contribution < -0.4 is 5.32 Å². The highest BCUT2D eigenvalue weighted by Gasteiger charge is 2.27. The molecular weight excluding hydrogens is 270 g/mol. The Hall–Kier alpha value is -1.73. The minimum atomic E-state index is -0.0956. The zero-order chi connectivity index (χ0) is 15.0. The summed E-state index contributed by atoms with van der Waals surface area (Å²) < 4.78 is 10.7. The SMILES string of the molecule is CN1CCNCC1c1noc(-c2cc(C(C)(C)C)on2)n1. The summed E-state index contributed by atoms with van der Waals surface area (Å²) in [5.41, 5.74) is 0.492. The van der Waals surface area contributed by atoms with Crippen LogP contribution in [0.15, 0.2) is 15.1 Å². The average molecular weight is 291 g/mol. The van der Waals surface area contributed by atoms with Crippen LogP contribution >= 0.6 is 0 Å². The molecule has 3 rings (SSSR count). The number of nitrogens with zero attached hydrogens (tertiary/aromatic N) is 4. The summed E-state index contributed by atoms with van der Waals surface area (Å²) >= 11 is 0. The van der Waals surface area contributed by atoms with E-state index in [-0.39, 0.29) is 11.5 Å². The molecule has 1 unspecified atom stereocenters. The van der Waals surface area contributed by atoms with E-state index < -0.39 is 0 Å². The summed E-state index contributed by atoms with van der Waals surface area (Å²) in [6.45, 7) is 8.97. The standard InChI is InChI=1S/C14H21N5O2/c1-14(2,3)11-7-9(17-20-11)13-16-12(18-21-13)10-8-15-5-6-19(10)4/h7,10,15H,5-6,8H2,1-4H3. The molecule has 0 bridgehead atoms. The van der Waals surface area contributed by atoms with Gasteiger partial charge in [0.1, 0.15) is 5.76 Å². The summed E-state index contributed by atoms with van der Waals surface area (Å²) in [5, 5.41) is 11.5. The lowest BCUT2D eigenvalue weighted by Gasteiger charge is -2.30. The first-order valence-corrected chi connectivity index (χ1v) is 7.17. The first-order chi connectivity index (χ1) is 9.95. The quantitative estimate of drug-likeness (QED) is 0.900. The molecule has 1 saturated heterocycles. The Morgan fingerprint density at radius 2 is 2.10 bits per heavy atom. The predicted molar refractivity (Wildman–Crippen MR) is 76.7 cm³/mol. The molecule has 7 nitrogen and oxygen atoms in total. The van der Waals surface area contributed by atoms with E-state index >= 15 is 0 Å². The Kier molecular flexibility index (Phi) is 3.54. The Morgan fingerprint density at radius 3 is 2.76 bits per heavy atom. The van der Waals surface area contributed by atoms with Gasteiger partial charge >= 0.3 is 0 Å². The van der Waals surface area contributed by atoms with Crippen molar-refractivity contribution in [1.82, 2.24) is 25.5 Å². The highest BCUT2D eigenvalue weighted by molar-refractivity contribution is 5.46. The number of hydrogen-bond acceptors (Lipinski definition) is 7. The lowest BCUT2D eigenvalue weighted by atomic mass is 9.93. The normalized spacial score (nSPS) is 20.9. The summed E-state index contributed by atoms with van der Waals surface area (Å²) in [4.78, 5) is 6.68. The van der Waals surface area contributed by atoms with Gasteiger partial charge in [-0.1, -0.05) is 31.1 Å². The number of piperazine rings is 1. The monoisotopic (exact) mass is 291 g/mol. The Labute approximate surface area is 123 Å². The zero-order valence-electron chi connectivity index (χ0n) is 12.9. The highest BCUT2D eigenvalue weighted by atomic mass is 16.5. The molecule has 0 saturated carbocycles. The number of nitrogens with one attached hydrogen (secondary N) is 1. The maximum atomic E-state index is 5.36. The van der Waals surface area contributed by atoms with E-state index in [4.69, 9.17) is 9.05 Å². The molecule has 2 aromatic rings. The minimum Gasteiger partial charge on any atom is -0.360 e. The van der Waals surface area contributed by atoms with Crippen molar-refractivity contribution in [3.63, 3.8) is 0 Å². The Morgan fingerprint density at radius 1 is 1.29 bits per heavy atom. The van der Waals surface area contributed by atoms with Gasteiger partial charge in [0.25, 0.3) is 5.89 Å². The molecule has 0 amide bonds. The average Bonchev–Trinajstić information content (AvgIpc) is 3.07. The van der Waals surface area contributed by atoms with Gasteiger partial charge in [0.2, 0.25) is 0 Å². The number of rotatable bonds is 2. The van der Waals surface area contributed by atoms with Crippen molar-refractivity contribution in [3.8, 4) is 11.6 Å². The molecule has 1 aliphatic rings. The lowest BCUT2D eigenvalue weighted by molar-refractivity contribution is 0.190. The molecule has 2 aromatic heterocycles. The number of hydrogen-bond donors (Lipinski definition) is 1. The summed E-state index contributed by atoms with van der Waals surface area (Å²) in [5.74, 6) is 1.89. The van der Waals surface area contributed by atoms with Gasteiger partial charge in [0, 0.05) is 31.1 Å². The van der Waals surface area contributed by atoms with Crippen LogP contribution in [0.1, 0.15) is 38.4 Å². The van der Waals surface area contributed by atoms with Gasteiger partial charge in [-0.25, -0.2) is 0 Å². The third-order valence-electron chi connectivity index (χ3n) is 3.72.